The number of rotatable bonds is 7. The molecule has 0 aromatic rings. The SMILES string of the molecule is CCCNCC1CCN(S(=O)(=O)NC(=O)OC(C)C)CC1. The zero-order valence-corrected chi connectivity index (χ0v) is 13.9. The van der Waals surface area contributed by atoms with Crippen molar-refractivity contribution in [3.63, 3.8) is 0 Å². The maximum absolute atomic E-state index is 12.0. The van der Waals surface area contributed by atoms with E-state index in [1.807, 2.05) is 4.72 Å². The first-order valence-electron chi connectivity index (χ1n) is 7.54. The Morgan fingerprint density at radius 2 is 1.95 bits per heavy atom. The van der Waals surface area contributed by atoms with Crippen molar-refractivity contribution < 1.29 is 17.9 Å². The first kappa shape index (κ1) is 18.2. The predicted octanol–water partition coefficient (Wildman–Crippen LogP) is 1.08. The minimum Gasteiger partial charge on any atom is -0.446 e. The Labute approximate surface area is 127 Å². The largest absolute Gasteiger partial charge is 0.446 e. The average molecular weight is 321 g/mol. The van der Waals surface area contributed by atoms with Crippen LogP contribution < -0.4 is 10.0 Å². The van der Waals surface area contributed by atoms with Gasteiger partial charge in [-0.25, -0.2) is 9.52 Å². The second-order valence-electron chi connectivity index (χ2n) is 5.61. The highest BCUT2D eigenvalue weighted by Crippen LogP contribution is 2.18. The van der Waals surface area contributed by atoms with Crippen LogP contribution in [0.1, 0.15) is 40.0 Å². The van der Waals surface area contributed by atoms with Crippen molar-refractivity contribution in [3.8, 4) is 0 Å². The third-order valence-electron chi connectivity index (χ3n) is 3.33. The van der Waals surface area contributed by atoms with Gasteiger partial charge in [0.1, 0.15) is 0 Å². The number of piperidine rings is 1. The minimum absolute atomic E-state index is 0.351. The van der Waals surface area contributed by atoms with E-state index in [1.54, 1.807) is 13.8 Å². The van der Waals surface area contributed by atoms with Crippen molar-refractivity contribution in [2.45, 2.75) is 46.1 Å². The van der Waals surface area contributed by atoms with Gasteiger partial charge in [-0.1, -0.05) is 6.92 Å². The van der Waals surface area contributed by atoms with Gasteiger partial charge in [0.25, 0.3) is 0 Å². The zero-order chi connectivity index (χ0) is 15.9. The topological polar surface area (TPSA) is 87.7 Å². The van der Waals surface area contributed by atoms with Crippen LogP contribution in [-0.4, -0.2) is 51.1 Å². The molecule has 7 nitrogen and oxygen atoms in total. The lowest BCUT2D eigenvalue weighted by atomic mass is 9.98. The van der Waals surface area contributed by atoms with Gasteiger partial charge in [0.2, 0.25) is 0 Å². The van der Waals surface area contributed by atoms with E-state index in [-0.39, 0.29) is 6.10 Å². The van der Waals surface area contributed by atoms with Crippen LogP contribution in [0, 0.1) is 5.92 Å². The number of nitrogens with zero attached hydrogens (tertiary/aromatic N) is 1. The van der Waals surface area contributed by atoms with Gasteiger partial charge >= 0.3 is 16.3 Å². The van der Waals surface area contributed by atoms with Gasteiger partial charge in [-0.15, -0.1) is 0 Å². The number of hydrogen-bond acceptors (Lipinski definition) is 5. The summed E-state index contributed by atoms with van der Waals surface area (Å²) in [4.78, 5) is 11.4. The summed E-state index contributed by atoms with van der Waals surface area (Å²) < 4.78 is 32.1. The Balaban J connectivity index is 2.39. The molecular formula is C13H27N3O4S. The van der Waals surface area contributed by atoms with Crippen molar-refractivity contribution in [1.82, 2.24) is 14.3 Å². The Bertz CT molecular complexity index is 417. The monoisotopic (exact) mass is 321 g/mol. The summed E-state index contributed by atoms with van der Waals surface area (Å²) in [5.74, 6) is 0.491. The van der Waals surface area contributed by atoms with E-state index in [2.05, 4.69) is 12.2 Å². The van der Waals surface area contributed by atoms with Crippen molar-refractivity contribution in [2.75, 3.05) is 26.2 Å². The van der Waals surface area contributed by atoms with Crippen molar-refractivity contribution >= 4 is 16.3 Å². The Kier molecular flexibility index (Phi) is 7.41. The summed E-state index contributed by atoms with van der Waals surface area (Å²) in [6, 6.07) is 0. The molecule has 0 saturated carbocycles. The maximum Gasteiger partial charge on any atom is 0.422 e. The summed E-state index contributed by atoms with van der Waals surface area (Å²) in [6.07, 6.45) is 1.43. The van der Waals surface area contributed by atoms with Crippen molar-refractivity contribution in [1.29, 1.82) is 0 Å². The van der Waals surface area contributed by atoms with E-state index >= 15 is 0 Å². The molecule has 1 saturated heterocycles. The molecule has 2 N–H and O–H groups in total. The molecule has 1 rings (SSSR count). The van der Waals surface area contributed by atoms with E-state index in [1.165, 1.54) is 4.31 Å². The number of carbonyl (C=O) groups is 1. The highest BCUT2D eigenvalue weighted by Gasteiger charge is 2.29. The molecule has 1 aliphatic rings. The quantitative estimate of drug-likeness (QED) is 0.685. The van der Waals surface area contributed by atoms with E-state index in [0.29, 0.717) is 19.0 Å². The van der Waals surface area contributed by atoms with Gasteiger partial charge in [-0.3, -0.25) is 0 Å². The van der Waals surface area contributed by atoms with Gasteiger partial charge in [-0.05, 0) is 52.1 Å². The predicted molar refractivity (Wildman–Crippen MR) is 81.1 cm³/mol. The smallest absolute Gasteiger partial charge is 0.422 e. The van der Waals surface area contributed by atoms with Crippen LogP contribution in [0.5, 0.6) is 0 Å². The van der Waals surface area contributed by atoms with E-state index in [0.717, 1.165) is 32.4 Å². The van der Waals surface area contributed by atoms with Gasteiger partial charge < -0.3 is 10.1 Å². The van der Waals surface area contributed by atoms with Crippen LogP contribution in [-0.2, 0) is 14.9 Å². The highest BCUT2D eigenvalue weighted by molar-refractivity contribution is 7.87. The van der Waals surface area contributed by atoms with Gasteiger partial charge in [0, 0.05) is 13.1 Å². The molecule has 0 spiro atoms. The van der Waals surface area contributed by atoms with Crippen LogP contribution in [0.15, 0.2) is 0 Å². The summed E-state index contributed by atoms with van der Waals surface area (Å²) in [6.45, 7) is 8.23. The van der Waals surface area contributed by atoms with Crippen LogP contribution >= 0.6 is 0 Å². The van der Waals surface area contributed by atoms with Crippen molar-refractivity contribution in [2.24, 2.45) is 5.92 Å². The fourth-order valence-electron chi connectivity index (χ4n) is 2.24. The maximum atomic E-state index is 12.0. The zero-order valence-electron chi connectivity index (χ0n) is 13.1. The standard InChI is InChI=1S/C13H27N3O4S/c1-4-7-14-10-12-5-8-16(9-6-12)21(18,19)15-13(17)20-11(2)3/h11-12,14H,4-10H2,1-3H3,(H,15,17). The summed E-state index contributed by atoms with van der Waals surface area (Å²) in [5, 5.41) is 3.35. The molecule has 0 unspecified atom stereocenters. The molecule has 0 aromatic heterocycles. The molecule has 1 fully saturated rings. The van der Waals surface area contributed by atoms with E-state index in [4.69, 9.17) is 4.74 Å². The van der Waals surface area contributed by atoms with Crippen LogP contribution in [0.2, 0.25) is 0 Å². The molecule has 21 heavy (non-hydrogen) atoms. The Morgan fingerprint density at radius 1 is 1.33 bits per heavy atom. The molecule has 0 aromatic carbocycles. The second-order valence-corrected chi connectivity index (χ2v) is 7.28. The summed E-state index contributed by atoms with van der Waals surface area (Å²) in [7, 11) is -3.79. The average Bonchev–Trinajstić information content (AvgIpc) is 2.38. The fourth-order valence-corrected chi connectivity index (χ4v) is 3.32. The van der Waals surface area contributed by atoms with E-state index in [9.17, 15) is 13.2 Å². The molecule has 1 aliphatic heterocycles. The van der Waals surface area contributed by atoms with Gasteiger partial charge in [0.15, 0.2) is 0 Å². The minimum atomic E-state index is -3.79. The number of carbonyl (C=O) groups excluding carboxylic acids is 1. The van der Waals surface area contributed by atoms with Gasteiger partial charge in [-0.2, -0.15) is 12.7 Å². The molecule has 0 atom stereocenters. The first-order chi connectivity index (χ1) is 9.85. The summed E-state index contributed by atoms with van der Waals surface area (Å²) in [5.41, 5.74) is 0. The normalized spacial score (nSPS) is 17.9. The molecule has 0 bridgehead atoms. The molecule has 0 radical (unpaired) electrons. The Hall–Kier alpha value is -0.860. The lowest BCUT2D eigenvalue weighted by Gasteiger charge is -2.31. The van der Waals surface area contributed by atoms with Crippen LogP contribution in [0.3, 0.4) is 0 Å². The van der Waals surface area contributed by atoms with Crippen LogP contribution in [0.25, 0.3) is 0 Å². The third kappa shape index (κ3) is 6.62. The molecular weight excluding hydrogens is 294 g/mol. The van der Waals surface area contributed by atoms with Crippen molar-refractivity contribution in [3.05, 3.63) is 0 Å². The first-order valence-corrected chi connectivity index (χ1v) is 8.98. The lowest BCUT2D eigenvalue weighted by Crippen LogP contribution is -2.48. The molecule has 1 amide bonds. The fraction of sp³-hybridized carbons (Fsp3) is 0.923. The summed E-state index contributed by atoms with van der Waals surface area (Å²) >= 11 is 0. The second kappa shape index (κ2) is 8.55. The lowest BCUT2D eigenvalue weighted by molar-refractivity contribution is 0.120. The number of amides is 1. The van der Waals surface area contributed by atoms with Crippen LogP contribution in [0.4, 0.5) is 4.79 Å². The molecule has 124 valence electrons. The van der Waals surface area contributed by atoms with E-state index < -0.39 is 16.3 Å². The highest BCUT2D eigenvalue weighted by atomic mass is 32.2. The molecule has 1 heterocycles. The molecule has 0 aliphatic carbocycles. The Morgan fingerprint density at radius 3 is 2.48 bits per heavy atom. The van der Waals surface area contributed by atoms with Gasteiger partial charge in [0.05, 0.1) is 6.10 Å². The number of hydrogen-bond donors (Lipinski definition) is 2. The molecule has 8 heteroatoms. The number of nitrogens with one attached hydrogen (secondary N) is 2. The third-order valence-corrected chi connectivity index (χ3v) is 4.80. The number of ether oxygens (including phenoxy) is 1.